The molecule has 28 heavy (non-hydrogen) atoms. The number of alkyl halides is 1. The third-order valence-corrected chi connectivity index (χ3v) is 6.00. The molecule has 0 spiro atoms. The summed E-state index contributed by atoms with van der Waals surface area (Å²) in [6, 6.07) is 10.8. The lowest BCUT2D eigenvalue weighted by Crippen LogP contribution is -2.43. The first kappa shape index (κ1) is 20.9. The largest absolute Gasteiger partial charge is 0.493 e. The Balaban J connectivity index is 2.24. The Bertz CT molecular complexity index is 793. The van der Waals surface area contributed by atoms with E-state index in [-0.39, 0.29) is 11.7 Å². The van der Waals surface area contributed by atoms with E-state index in [0.29, 0.717) is 24.0 Å². The van der Waals surface area contributed by atoms with Crippen LogP contribution in [-0.2, 0) is 16.8 Å². The van der Waals surface area contributed by atoms with Crippen LogP contribution in [0.5, 0.6) is 11.5 Å². The van der Waals surface area contributed by atoms with Crippen molar-refractivity contribution in [2.45, 2.75) is 38.2 Å². The molecule has 0 saturated carbocycles. The number of halogens is 2. The van der Waals surface area contributed by atoms with Crippen LogP contribution in [0.3, 0.4) is 0 Å². The van der Waals surface area contributed by atoms with E-state index in [9.17, 15) is 4.39 Å². The minimum atomic E-state index is -0.665. The van der Waals surface area contributed by atoms with Crippen LogP contribution in [0, 0.1) is 11.7 Å². The van der Waals surface area contributed by atoms with Gasteiger partial charge in [-0.25, -0.2) is 4.39 Å². The molecule has 0 bridgehead atoms. The van der Waals surface area contributed by atoms with Gasteiger partial charge in [0.05, 0.1) is 20.8 Å². The van der Waals surface area contributed by atoms with Crippen molar-refractivity contribution in [3.8, 4) is 11.5 Å². The molecule has 0 N–H and O–H groups in total. The maximum Gasteiger partial charge on any atom is 0.161 e. The first-order valence-corrected chi connectivity index (χ1v) is 10.4. The van der Waals surface area contributed by atoms with Gasteiger partial charge < -0.3 is 14.2 Å². The summed E-state index contributed by atoms with van der Waals surface area (Å²) in [6.07, 6.45) is 3.53. The van der Waals surface area contributed by atoms with Crippen LogP contribution in [0.4, 0.5) is 4.39 Å². The van der Waals surface area contributed by atoms with Crippen molar-refractivity contribution in [2.75, 3.05) is 26.7 Å². The summed E-state index contributed by atoms with van der Waals surface area (Å²) in [5, 5.41) is 0. The zero-order chi connectivity index (χ0) is 20.1. The highest BCUT2D eigenvalue weighted by molar-refractivity contribution is 6.17. The van der Waals surface area contributed by atoms with Gasteiger partial charge in [-0.2, -0.15) is 0 Å². The van der Waals surface area contributed by atoms with E-state index >= 15 is 0 Å². The molecule has 0 radical (unpaired) electrons. The van der Waals surface area contributed by atoms with E-state index in [1.165, 1.54) is 17.7 Å². The van der Waals surface area contributed by atoms with E-state index in [1.807, 2.05) is 24.3 Å². The van der Waals surface area contributed by atoms with E-state index in [4.69, 9.17) is 25.8 Å². The summed E-state index contributed by atoms with van der Waals surface area (Å²) in [6.45, 7) is 2.76. The van der Waals surface area contributed by atoms with E-state index < -0.39 is 5.60 Å². The molecule has 0 saturated heterocycles. The van der Waals surface area contributed by atoms with Gasteiger partial charge in [-0.3, -0.25) is 0 Å². The molecule has 2 unspecified atom stereocenters. The van der Waals surface area contributed by atoms with E-state index in [0.717, 1.165) is 36.8 Å². The number of fused-ring (bicyclic) bond motifs is 1. The van der Waals surface area contributed by atoms with E-state index in [2.05, 4.69) is 6.92 Å². The SMILES string of the molecule is CCC(CCCCl)C1(c2ccc(F)cc2)OCCc2cc(OC)c(OC)cc21. The number of hydrogen-bond donors (Lipinski definition) is 0. The summed E-state index contributed by atoms with van der Waals surface area (Å²) < 4.78 is 31.4. The third-order valence-electron chi connectivity index (χ3n) is 5.74. The van der Waals surface area contributed by atoms with Gasteiger partial charge in [-0.1, -0.05) is 19.1 Å². The molecule has 0 aliphatic carbocycles. The van der Waals surface area contributed by atoms with Gasteiger partial charge in [0.25, 0.3) is 0 Å². The second kappa shape index (κ2) is 9.15. The molecule has 2 atom stereocenters. The lowest BCUT2D eigenvalue weighted by molar-refractivity contribution is -0.0751. The molecule has 5 heteroatoms. The van der Waals surface area contributed by atoms with Gasteiger partial charge in [-0.15, -0.1) is 11.6 Å². The Kier molecular flexibility index (Phi) is 6.84. The fourth-order valence-electron chi connectivity index (χ4n) is 4.40. The normalized spacial score (nSPS) is 19.8. The van der Waals surface area contributed by atoms with Crippen LogP contribution in [0.25, 0.3) is 0 Å². The predicted molar refractivity (Wildman–Crippen MR) is 110 cm³/mol. The monoisotopic (exact) mass is 406 g/mol. The van der Waals surface area contributed by atoms with Crippen LogP contribution in [-0.4, -0.2) is 26.7 Å². The molecule has 3 nitrogen and oxygen atoms in total. The summed E-state index contributed by atoms with van der Waals surface area (Å²) in [5.41, 5.74) is 2.55. The molecule has 1 heterocycles. The molecular weight excluding hydrogens is 379 g/mol. The average molecular weight is 407 g/mol. The highest BCUT2D eigenvalue weighted by Gasteiger charge is 2.46. The summed E-state index contributed by atoms with van der Waals surface area (Å²) in [7, 11) is 3.28. The first-order chi connectivity index (χ1) is 13.6. The number of benzene rings is 2. The Morgan fingerprint density at radius 2 is 1.82 bits per heavy atom. The quantitative estimate of drug-likeness (QED) is 0.526. The first-order valence-electron chi connectivity index (χ1n) is 9.82. The molecule has 2 aromatic carbocycles. The highest BCUT2D eigenvalue weighted by Crippen LogP contribution is 2.50. The van der Waals surface area contributed by atoms with Crippen molar-refractivity contribution in [3.63, 3.8) is 0 Å². The second-order valence-electron chi connectivity index (χ2n) is 7.14. The maximum absolute atomic E-state index is 13.7. The number of methoxy groups -OCH3 is 2. The lowest BCUT2D eigenvalue weighted by Gasteiger charge is -2.45. The van der Waals surface area contributed by atoms with Gasteiger partial charge in [0.15, 0.2) is 11.5 Å². The van der Waals surface area contributed by atoms with Crippen LogP contribution in [0.2, 0.25) is 0 Å². The van der Waals surface area contributed by atoms with Crippen molar-refractivity contribution in [1.82, 2.24) is 0 Å². The van der Waals surface area contributed by atoms with Gasteiger partial charge >= 0.3 is 0 Å². The number of rotatable bonds is 8. The zero-order valence-corrected chi connectivity index (χ0v) is 17.5. The Labute approximate surface area is 171 Å². The smallest absolute Gasteiger partial charge is 0.161 e. The van der Waals surface area contributed by atoms with Crippen molar-refractivity contribution >= 4 is 11.6 Å². The molecule has 1 aliphatic heterocycles. The van der Waals surface area contributed by atoms with Crippen LogP contribution in [0.15, 0.2) is 36.4 Å². The van der Waals surface area contributed by atoms with Gasteiger partial charge in [0.1, 0.15) is 11.4 Å². The highest BCUT2D eigenvalue weighted by atomic mass is 35.5. The summed E-state index contributed by atoms with van der Waals surface area (Å²) >= 11 is 6.01. The molecule has 1 aliphatic rings. The average Bonchev–Trinajstić information content (AvgIpc) is 2.73. The summed E-state index contributed by atoms with van der Waals surface area (Å²) in [4.78, 5) is 0. The van der Waals surface area contributed by atoms with Crippen molar-refractivity contribution in [2.24, 2.45) is 5.92 Å². The fraction of sp³-hybridized carbons (Fsp3) is 0.478. The Morgan fingerprint density at radius 3 is 2.43 bits per heavy atom. The predicted octanol–water partition coefficient (Wildman–Crippen LogP) is 5.70. The molecule has 0 fully saturated rings. The van der Waals surface area contributed by atoms with E-state index in [1.54, 1.807) is 14.2 Å². The third kappa shape index (κ3) is 3.72. The van der Waals surface area contributed by atoms with Crippen LogP contribution >= 0.6 is 11.6 Å². The minimum absolute atomic E-state index is 0.203. The molecule has 0 amide bonds. The second-order valence-corrected chi connectivity index (χ2v) is 7.52. The van der Waals surface area contributed by atoms with Gasteiger partial charge in [0, 0.05) is 5.88 Å². The maximum atomic E-state index is 13.7. The number of hydrogen-bond acceptors (Lipinski definition) is 3. The molecular formula is C23H28ClFO3. The van der Waals surface area contributed by atoms with Crippen molar-refractivity contribution in [1.29, 1.82) is 0 Å². The summed E-state index contributed by atoms with van der Waals surface area (Å²) in [5.74, 6) is 1.94. The zero-order valence-electron chi connectivity index (χ0n) is 16.8. The Hall–Kier alpha value is -1.78. The lowest BCUT2D eigenvalue weighted by atomic mass is 9.70. The minimum Gasteiger partial charge on any atom is -0.493 e. The van der Waals surface area contributed by atoms with Crippen molar-refractivity contribution in [3.05, 3.63) is 58.9 Å². The standard InChI is InChI=1S/C23H28ClFO3/c1-4-17(6-5-12-24)23(18-7-9-19(25)10-8-18)20-15-22(27-3)21(26-2)14-16(20)11-13-28-23/h7-10,14-15,17H,4-6,11-13H2,1-3H3. The topological polar surface area (TPSA) is 27.7 Å². The Morgan fingerprint density at radius 1 is 1.14 bits per heavy atom. The van der Waals surface area contributed by atoms with Gasteiger partial charge in [-0.05, 0) is 72.6 Å². The van der Waals surface area contributed by atoms with Crippen LogP contribution in [0.1, 0.15) is 42.9 Å². The number of ether oxygens (including phenoxy) is 3. The van der Waals surface area contributed by atoms with Crippen molar-refractivity contribution < 1.29 is 18.6 Å². The fourth-order valence-corrected chi connectivity index (χ4v) is 4.56. The van der Waals surface area contributed by atoms with Crippen LogP contribution < -0.4 is 9.47 Å². The molecule has 3 rings (SSSR count). The van der Waals surface area contributed by atoms with Gasteiger partial charge in [0.2, 0.25) is 0 Å². The molecule has 0 aromatic heterocycles. The molecule has 2 aromatic rings. The molecule has 152 valence electrons.